The van der Waals surface area contributed by atoms with Crippen LogP contribution in [0.15, 0.2) is 30.3 Å². The maximum Gasteiger partial charge on any atom is 0.254 e. The maximum atomic E-state index is 7.56. The molecule has 5 N–H and O–H groups in total. The summed E-state index contributed by atoms with van der Waals surface area (Å²) in [5.74, 6) is 0. The molecule has 0 amide bonds. The van der Waals surface area contributed by atoms with E-state index in [0.717, 1.165) is 5.56 Å². The third-order valence-electron chi connectivity index (χ3n) is 1.56. The smallest absolute Gasteiger partial charge is 0.254 e. The van der Waals surface area contributed by atoms with Crippen molar-refractivity contribution in [1.82, 2.24) is 0 Å². The van der Waals surface area contributed by atoms with Crippen LogP contribution in [0, 0.1) is 0 Å². The number of aliphatic hydroxyl groups excluding tert-OH is 1. The van der Waals surface area contributed by atoms with Crippen molar-refractivity contribution in [3.63, 3.8) is 0 Å². The van der Waals surface area contributed by atoms with Crippen LogP contribution in [0.2, 0.25) is 0 Å². The second-order valence-corrected chi connectivity index (χ2v) is 3.65. The molecule has 0 saturated heterocycles. The molecular formula is C10H14N2O2PbS2. The van der Waals surface area contributed by atoms with Crippen molar-refractivity contribution >= 4 is 62.1 Å². The second-order valence-electron chi connectivity index (χ2n) is 2.83. The monoisotopic (exact) mass is 466 g/mol. The van der Waals surface area contributed by atoms with E-state index in [9.17, 15) is 0 Å². The van der Waals surface area contributed by atoms with Crippen molar-refractivity contribution in [3.8, 4) is 0 Å². The number of aliphatic hydroxyl groups is 1. The molecule has 92 valence electrons. The Labute approximate surface area is 131 Å². The van der Waals surface area contributed by atoms with Crippen LogP contribution in [-0.2, 0) is 4.74 Å². The number of hydrogen-bond donors (Lipinski definition) is 3. The van der Waals surface area contributed by atoms with Gasteiger partial charge in [-0.15, -0.1) is 0 Å². The molecule has 1 aromatic rings. The number of benzene rings is 1. The predicted molar refractivity (Wildman–Crippen MR) is 77.9 cm³/mol. The van der Waals surface area contributed by atoms with E-state index in [2.05, 4.69) is 30.2 Å². The van der Waals surface area contributed by atoms with Crippen LogP contribution >= 0.6 is 24.4 Å². The number of nitrogens with two attached hydrogens (primary N) is 2. The molecule has 7 heteroatoms. The van der Waals surface area contributed by atoms with Crippen LogP contribution in [0.5, 0.6) is 0 Å². The van der Waals surface area contributed by atoms with Gasteiger partial charge in [0.05, 0.1) is 0 Å². The van der Waals surface area contributed by atoms with Crippen molar-refractivity contribution in [2.24, 2.45) is 11.5 Å². The van der Waals surface area contributed by atoms with Crippen molar-refractivity contribution in [3.05, 3.63) is 35.9 Å². The van der Waals surface area contributed by atoms with Crippen LogP contribution in [-0.4, -0.2) is 42.8 Å². The summed E-state index contributed by atoms with van der Waals surface area (Å²) in [7, 11) is 0. The summed E-state index contributed by atoms with van der Waals surface area (Å²) >= 11 is 8.50. The first-order valence-electron chi connectivity index (χ1n) is 4.43. The van der Waals surface area contributed by atoms with Gasteiger partial charge in [-0.2, -0.15) is 0 Å². The van der Waals surface area contributed by atoms with Gasteiger partial charge in [-0.05, 0) is 36.9 Å². The van der Waals surface area contributed by atoms with Crippen LogP contribution in [0.4, 0.5) is 0 Å². The first-order chi connectivity index (χ1) is 7.43. The first-order valence-corrected chi connectivity index (χ1v) is 5.24. The first kappa shape index (κ1) is 18.9. The van der Waals surface area contributed by atoms with E-state index in [1.54, 1.807) is 0 Å². The van der Waals surface area contributed by atoms with Crippen LogP contribution < -0.4 is 11.5 Å². The van der Waals surface area contributed by atoms with Crippen LogP contribution in [0.1, 0.15) is 18.6 Å². The summed E-state index contributed by atoms with van der Waals surface area (Å²) in [4.78, 5) is 0. The van der Waals surface area contributed by atoms with Gasteiger partial charge in [0.1, 0.15) is 6.10 Å². The van der Waals surface area contributed by atoms with E-state index >= 15 is 0 Å². The normalized spacial score (nSPS) is 9.94. The van der Waals surface area contributed by atoms with E-state index in [1.807, 2.05) is 37.3 Å². The minimum absolute atomic E-state index is 0. The van der Waals surface area contributed by atoms with Gasteiger partial charge in [0.15, 0.2) is 0 Å². The zero-order valence-corrected chi connectivity index (χ0v) is 14.8. The van der Waals surface area contributed by atoms with Crippen LogP contribution in [0.3, 0.4) is 0 Å². The molecule has 1 unspecified atom stereocenters. The fourth-order valence-corrected chi connectivity index (χ4v) is 1.11. The SMILES string of the molecule is CC(OC(N)=S)c1ccccc1.NC(O)=S.[Pb]. The molecule has 17 heavy (non-hydrogen) atoms. The van der Waals surface area contributed by atoms with Gasteiger partial charge < -0.3 is 21.3 Å². The summed E-state index contributed by atoms with van der Waals surface area (Å²) in [5.41, 5.74) is 10.7. The molecule has 1 rings (SSSR count). The predicted octanol–water partition coefficient (Wildman–Crippen LogP) is 1.42. The van der Waals surface area contributed by atoms with Gasteiger partial charge in [0.2, 0.25) is 0 Å². The Bertz CT molecular complexity index is 345. The van der Waals surface area contributed by atoms with Gasteiger partial charge in [0.25, 0.3) is 10.3 Å². The minimum atomic E-state index is -0.500. The Morgan fingerprint density at radius 1 is 1.24 bits per heavy atom. The van der Waals surface area contributed by atoms with E-state index in [0.29, 0.717) is 0 Å². The molecule has 0 fully saturated rings. The van der Waals surface area contributed by atoms with Gasteiger partial charge in [-0.1, -0.05) is 30.3 Å². The summed E-state index contributed by atoms with van der Waals surface area (Å²) in [6.07, 6.45) is -0.0660. The standard InChI is InChI=1S/C9H11NOS.CH3NOS.Pb/c1-7(11-9(10)12)8-5-3-2-4-6-8;2-1(3)4;/h2-7H,1H3,(H2,10,12);(H3,2,3,4);. The molecule has 0 aromatic heterocycles. The Hall–Kier alpha value is -0.478. The fraction of sp³-hybridized carbons (Fsp3) is 0.200. The molecule has 4 radical (unpaired) electrons. The zero-order valence-electron chi connectivity index (χ0n) is 9.29. The fourth-order valence-electron chi connectivity index (χ4n) is 0.966. The molecule has 0 heterocycles. The number of hydrogen-bond acceptors (Lipinski definition) is 3. The molecule has 4 nitrogen and oxygen atoms in total. The molecule has 0 aliphatic heterocycles. The number of ether oxygens (including phenoxy) is 1. The largest absolute Gasteiger partial charge is 0.487 e. The maximum absolute atomic E-state index is 7.56. The minimum Gasteiger partial charge on any atom is -0.487 e. The van der Waals surface area contributed by atoms with Crippen molar-refractivity contribution in [1.29, 1.82) is 0 Å². The van der Waals surface area contributed by atoms with Gasteiger partial charge in [0, 0.05) is 27.3 Å². The zero-order chi connectivity index (χ0) is 12.6. The van der Waals surface area contributed by atoms with Crippen molar-refractivity contribution in [2.45, 2.75) is 13.0 Å². The van der Waals surface area contributed by atoms with Gasteiger partial charge in [-0.3, -0.25) is 0 Å². The third kappa shape index (κ3) is 11.8. The average Bonchev–Trinajstić information content (AvgIpc) is 2.17. The second kappa shape index (κ2) is 10.7. The van der Waals surface area contributed by atoms with E-state index < -0.39 is 5.17 Å². The van der Waals surface area contributed by atoms with Gasteiger partial charge >= 0.3 is 0 Å². The van der Waals surface area contributed by atoms with E-state index in [4.69, 9.17) is 15.6 Å². The number of thiocarbonyl (C=S) groups is 2. The molecule has 0 spiro atoms. The Morgan fingerprint density at radius 2 is 1.65 bits per heavy atom. The summed E-state index contributed by atoms with van der Waals surface area (Å²) in [5, 5.41) is 7.15. The van der Waals surface area contributed by atoms with Crippen molar-refractivity contribution in [2.75, 3.05) is 0 Å². The van der Waals surface area contributed by atoms with Crippen LogP contribution in [0.25, 0.3) is 0 Å². The quantitative estimate of drug-likeness (QED) is 0.453. The molecule has 0 aliphatic carbocycles. The topological polar surface area (TPSA) is 81.5 Å². The Morgan fingerprint density at radius 3 is 2.00 bits per heavy atom. The molecule has 1 atom stereocenters. The summed E-state index contributed by atoms with van der Waals surface area (Å²) in [6.45, 7) is 1.91. The van der Waals surface area contributed by atoms with E-state index in [1.165, 1.54) is 0 Å². The number of rotatable bonds is 2. The molecular weight excluding hydrogens is 451 g/mol. The molecule has 1 aromatic carbocycles. The Balaban J connectivity index is 0. The summed E-state index contributed by atoms with van der Waals surface area (Å²) in [6, 6.07) is 9.81. The van der Waals surface area contributed by atoms with Crippen molar-refractivity contribution < 1.29 is 9.84 Å². The molecule has 0 bridgehead atoms. The average molecular weight is 466 g/mol. The Kier molecular flexibility index (Phi) is 11.8. The summed E-state index contributed by atoms with van der Waals surface area (Å²) < 4.78 is 5.15. The van der Waals surface area contributed by atoms with Gasteiger partial charge in [-0.25, -0.2) is 0 Å². The third-order valence-corrected chi connectivity index (χ3v) is 1.66. The molecule has 0 saturated carbocycles. The van der Waals surface area contributed by atoms with E-state index in [-0.39, 0.29) is 38.6 Å². The molecule has 0 aliphatic rings.